The van der Waals surface area contributed by atoms with Crippen molar-refractivity contribution in [3.8, 4) is 78.7 Å². The smallest absolute Gasteiger partial charge is 0.164 e. The summed E-state index contributed by atoms with van der Waals surface area (Å²) < 4.78 is 0. The van der Waals surface area contributed by atoms with Gasteiger partial charge < -0.3 is 0 Å². The third-order valence-electron chi connectivity index (χ3n) is 13.5. The molecule has 4 nitrogen and oxygen atoms in total. The van der Waals surface area contributed by atoms with E-state index in [4.69, 9.17) is 19.9 Å². The van der Waals surface area contributed by atoms with Crippen molar-refractivity contribution in [2.45, 2.75) is 32.1 Å². The molecule has 65 heavy (non-hydrogen) atoms. The number of hydrogen-bond donors (Lipinski definition) is 0. The van der Waals surface area contributed by atoms with Gasteiger partial charge in [-0.05, 0) is 117 Å². The van der Waals surface area contributed by atoms with Crippen LogP contribution in [0, 0.1) is 6.92 Å². The summed E-state index contributed by atoms with van der Waals surface area (Å²) in [6.07, 6.45) is 8.97. The maximum absolute atomic E-state index is 5.15. The number of hydrogen-bond acceptors (Lipinski definition) is 4. The van der Waals surface area contributed by atoms with E-state index in [-0.39, 0.29) is 5.41 Å². The second kappa shape index (κ2) is 15.6. The Morgan fingerprint density at radius 3 is 1.69 bits per heavy atom. The second-order valence-corrected chi connectivity index (χ2v) is 17.2. The fourth-order valence-corrected chi connectivity index (χ4v) is 10.7. The Morgan fingerprint density at radius 1 is 0.431 bits per heavy atom. The van der Waals surface area contributed by atoms with Crippen molar-refractivity contribution in [3.63, 3.8) is 0 Å². The largest absolute Gasteiger partial charge is 0.261 e. The van der Waals surface area contributed by atoms with Gasteiger partial charge in [-0.2, -0.15) is 0 Å². The van der Waals surface area contributed by atoms with E-state index in [9.17, 15) is 0 Å². The fourth-order valence-electron chi connectivity index (χ4n) is 10.7. The topological polar surface area (TPSA) is 51.0 Å². The van der Waals surface area contributed by atoms with Gasteiger partial charge in [0.1, 0.15) is 0 Å². The van der Waals surface area contributed by atoms with Gasteiger partial charge in [0.2, 0.25) is 0 Å². The van der Waals surface area contributed by atoms with Crippen molar-refractivity contribution in [2.24, 2.45) is 4.99 Å². The lowest BCUT2D eigenvalue weighted by atomic mass is 9.69. The molecule has 0 aliphatic heterocycles. The van der Waals surface area contributed by atoms with Crippen LogP contribution in [0.4, 0.5) is 5.69 Å². The van der Waals surface area contributed by atoms with E-state index in [2.05, 4.69) is 189 Å². The van der Waals surface area contributed by atoms with Crippen molar-refractivity contribution < 1.29 is 0 Å². The minimum atomic E-state index is -0.338. The first-order chi connectivity index (χ1) is 32.1. The normalized spacial score (nSPS) is 15.6. The number of aromatic nitrogens is 3. The molecule has 0 saturated carbocycles. The lowest BCUT2D eigenvalue weighted by Crippen LogP contribution is -2.26. The Bertz CT molecular complexity index is 3450. The first-order valence-electron chi connectivity index (χ1n) is 22.6. The number of allylic oxidation sites excluding steroid dienone is 4. The van der Waals surface area contributed by atoms with Crippen LogP contribution < -0.4 is 0 Å². The van der Waals surface area contributed by atoms with Crippen molar-refractivity contribution >= 4 is 17.5 Å². The summed E-state index contributed by atoms with van der Waals surface area (Å²) >= 11 is 0. The summed E-state index contributed by atoms with van der Waals surface area (Å²) in [4.78, 5) is 20.0. The highest BCUT2D eigenvalue weighted by Gasteiger charge is 2.53. The summed E-state index contributed by atoms with van der Waals surface area (Å²) in [5, 5.41) is 0. The van der Waals surface area contributed by atoms with Crippen molar-refractivity contribution in [1.82, 2.24) is 15.0 Å². The van der Waals surface area contributed by atoms with Crippen LogP contribution >= 0.6 is 0 Å². The van der Waals surface area contributed by atoms with E-state index in [1.807, 2.05) is 31.3 Å². The third kappa shape index (κ3) is 6.20. The molecule has 3 aliphatic rings. The summed E-state index contributed by atoms with van der Waals surface area (Å²) in [5.74, 6) is 1.88. The Morgan fingerprint density at radius 2 is 0.938 bits per heavy atom. The summed E-state index contributed by atoms with van der Waals surface area (Å²) in [6, 6.07) is 67.7. The number of aliphatic imine (C=N–C) groups is 1. The van der Waals surface area contributed by atoms with Crippen LogP contribution in [0.3, 0.4) is 0 Å². The Balaban J connectivity index is 0.945. The SMILES string of the molecule is CC=Nc1c(C)cccc1-c1ccc(-c2nc(-c3ccccc3)nc(-c3cccc(-c4cccc(-c5cccc6c5-c5ccccc5C65C6=CCCC=C6c6ccccc65)c4)c3)n2)cc1. The number of fused-ring (bicyclic) bond motifs is 10. The summed E-state index contributed by atoms with van der Waals surface area (Å²) in [6.45, 7) is 4.05. The molecule has 9 aromatic rings. The summed E-state index contributed by atoms with van der Waals surface area (Å²) in [7, 11) is 0. The molecule has 8 aromatic carbocycles. The molecule has 0 amide bonds. The molecule has 3 aliphatic carbocycles. The molecule has 308 valence electrons. The fraction of sp³-hybridized carbons (Fsp3) is 0.0820. The molecule has 1 aromatic heterocycles. The molecule has 0 radical (unpaired) electrons. The molecule has 0 saturated heterocycles. The van der Waals surface area contributed by atoms with Crippen LogP contribution in [-0.2, 0) is 5.41 Å². The number of para-hydroxylation sites is 1. The molecule has 0 fully saturated rings. The molecule has 0 N–H and O–H groups in total. The van der Waals surface area contributed by atoms with Gasteiger partial charge in [0.25, 0.3) is 0 Å². The predicted octanol–water partition coefficient (Wildman–Crippen LogP) is 15.3. The average Bonchev–Trinajstić information content (AvgIpc) is 3.85. The van der Waals surface area contributed by atoms with Gasteiger partial charge in [0, 0.05) is 28.5 Å². The molecule has 0 bridgehead atoms. The van der Waals surface area contributed by atoms with Crippen LogP contribution in [0.1, 0.15) is 47.6 Å². The van der Waals surface area contributed by atoms with Crippen molar-refractivity contribution in [2.75, 3.05) is 0 Å². The molecule has 12 rings (SSSR count). The van der Waals surface area contributed by atoms with E-state index in [1.165, 1.54) is 55.7 Å². The molecule has 1 heterocycles. The zero-order valence-electron chi connectivity index (χ0n) is 36.3. The van der Waals surface area contributed by atoms with Crippen molar-refractivity contribution in [1.29, 1.82) is 0 Å². The number of benzene rings is 8. The Hall–Kier alpha value is -8.08. The molecular formula is C61H44N4. The summed E-state index contributed by atoms with van der Waals surface area (Å²) in [5.41, 5.74) is 22.4. The maximum atomic E-state index is 5.15. The van der Waals surface area contributed by atoms with Crippen LogP contribution in [0.5, 0.6) is 0 Å². The van der Waals surface area contributed by atoms with E-state index in [0.717, 1.165) is 63.0 Å². The average molecular weight is 833 g/mol. The van der Waals surface area contributed by atoms with Gasteiger partial charge in [-0.3, -0.25) is 4.99 Å². The minimum Gasteiger partial charge on any atom is -0.261 e. The number of nitrogens with zero attached hydrogens (tertiary/aromatic N) is 4. The van der Waals surface area contributed by atoms with Crippen LogP contribution in [0.15, 0.2) is 211 Å². The van der Waals surface area contributed by atoms with Gasteiger partial charge in [-0.25, -0.2) is 15.0 Å². The standard InChI is InChI=1S/C61H44N4/c1-3-62-57-39(2)17-13-28-48(57)40-33-35-42(36-34-40)59-63-58(41-18-5-4-6-19-41)64-60(65-59)46-23-15-21-44(38-46)43-20-14-22-45(37-43)47-27-16-32-55-56(47)51-26-9-12-31-54(51)61(55)52-29-10-7-24-49(52)50-25-8-11-30-53(50)61/h3-7,9-10,12-38H,8,11H2,1-2H3. The minimum absolute atomic E-state index is 0.338. The number of rotatable bonds is 7. The van der Waals surface area contributed by atoms with Gasteiger partial charge in [-0.15, -0.1) is 0 Å². The highest BCUT2D eigenvalue weighted by Crippen LogP contribution is 2.65. The van der Waals surface area contributed by atoms with Gasteiger partial charge >= 0.3 is 0 Å². The lowest BCUT2D eigenvalue weighted by molar-refractivity contribution is 0.782. The first-order valence-corrected chi connectivity index (χ1v) is 22.6. The van der Waals surface area contributed by atoms with E-state index >= 15 is 0 Å². The Labute approximate surface area is 380 Å². The second-order valence-electron chi connectivity index (χ2n) is 17.2. The van der Waals surface area contributed by atoms with Gasteiger partial charge in [0.05, 0.1) is 11.1 Å². The van der Waals surface area contributed by atoms with E-state index in [0.29, 0.717) is 17.5 Å². The van der Waals surface area contributed by atoms with Crippen LogP contribution in [0.2, 0.25) is 0 Å². The van der Waals surface area contributed by atoms with Gasteiger partial charge in [0.15, 0.2) is 17.5 Å². The zero-order chi connectivity index (χ0) is 43.5. The highest BCUT2D eigenvalue weighted by molar-refractivity contribution is 6.03. The molecule has 4 heteroatoms. The third-order valence-corrected chi connectivity index (χ3v) is 13.5. The highest BCUT2D eigenvalue weighted by atomic mass is 15.0. The Kier molecular flexibility index (Phi) is 9.27. The lowest BCUT2D eigenvalue weighted by Gasteiger charge is -2.31. The zero-order valence-corrected chi connectivity index (χ0v) is 36.3. The molecule has 1 atom stereocenters. The molecule has 1 unspecified atom stereocenters. The first kappa shape index (κ1) is 38.6. The predicted molar refractivity (Wildman–Crippen MR) is 268 cm³/mol. The van der Waals surface area contributed by atoms with E-state index < -0.39 is 0 Å². The van der Waals surface area contributed by atoms with Crippen LogP contribution in [-0.4, -0.2) is 21.2 Å². The van der Waals surface area contributed by atoms with E-state index in [1.54, 1.807) is 0 Å². The monoisotopic (exact) mass is 832 g/mol. The quantitative estimate of drug-likeness (QED) is 0.150. The van der Waals surface area contributed by atoms with Crippen molar-refractivity contribution in [3.05, 3.63) is 234 Å². The molecular weight excluding hydrogens is 789 g/mol. The number of aryl methyl sites for hydroxylation is 1. The van der Waals surface area contributed by atoms with Gasteiger partial charge in [-0.1, -0.05) is 188 Å². The van der Waals surface area contributed by atoms with Crippen LogP contribution in [0.25, 0.3) is 84.2 Å². The maximum Gasteiger partial charge on any atom is 0.164 e. The molecule has 1 spiro atoms.